The molecule has 0 amide bonds. The SMILES string of the molecule is COC(=O)c1ccc(N2CCN([C@H](C)c3nnc(C)o3)[C@H](C)C2)cc1. The van der Waals surface area contributed by atoms with Crippen molar-refractivity contribution >= 4 is 11.7 Å². The second-order valence-electron chi connectivity index (χ2n) is 6.41. The number of benzene rings is 1. The maximum absolute atomic E-state index is 11.5. The molecular formula is C18H24N4O3. The average molecular weight is 344 g/mol. The van der Waals surface area contributed by atoms with Gasteiger partial charge in [0.1, 0.15) is 0 Å². The van der Waals surface area contributed by atoms with Crippen LogP contribution in [0.4, 0.5) is 5.69 Å². The van der Waals surface area contributed by atoms with Gasteiger partial charge in [0.25, 0.3) is 0 Å². The van der Waals surface area contributed by atoms with Crippen molar-refractivity contribution in [1.29, 1.82) is 0 Å². The Morgan fingerprint density at radius 1 is 1.28 bits per heavy atom. The number of carbonyl (C=O) groups excluding carboxylic acids is 1. The van der Waals surface area contributed by atoms with E-state index in [1.807, 2.05) is 31.2 Å². The Kier molecular flexibility index (Phi) is 5.03. The van der Waals surface area contributed by atoms with Crippen LogP contribution in [0, 0.1) is 6.92 Å². The average Bonchev–Trinajstić information content (AvgIpc) is 3.07. The zero-order valence-corrected chi connectivity index (χ0v) is 15.1. The summed E-state index contributed by atoms with van der Waals surface area (Å²) in [7, 11) is 1.39. The first-order valence-electron chi connectivity index (χ1n) is 8.48. The molecule has 1 fully saturated rings. The minimum absolute atomic E-state index is 0.0973. The maximum atomic E-state index is 11.5. The molecule has 2 heterocycles. The van der Waals surface area contributed by atoms with Crippen LogP contribution in [0.25, 0.3) is 0 Å². The van der Waals surface area contributed by atoms with Gasteiger partial charge in [-0.05, 0) is 38.1 Å². The predicted octanol–water partition coefficient (Wildman–Crippen LogP) is 2.44. The zero-order chi connectivity index (χ0) is 18.0. The predicted molar refractivity (Wildman–Crippen MR) is 93.6 cm³/mol. The monoisotopic (exact) mass is 344 g/mol. The molecule has 0 bridgehead atoms. The molecule has 0 unspecified atom stereocenters. The van der Waals surface area contributed by atoms with Crippen LogP contribution in [-0.4, -0.2) is 53.9 Å². The molecule has 0 N–H and O–H groups in total. The summed E-state index contributed by atoms with van der Waals surface area (Å²) in [5, 5.41) is 8.08. The van der Waals surface area contributed by atoms with E-state index < -0.39 is 0 Å². The van der Waals surface area contributed by atoms with Gasteiger partial charge < -0.3 is 14.1 Å². The fourth-order valence-electron chi connectivity index (χ4n) is 3.33. The van der Waals surface area contributed by atoms with Crippen LogP contribution in [0.3, 0.4) is 0 Å². The zero-order valence-electron chi connectivity index (χ0n) is 15.1. The van der Waals surface area contributed by atoms with Crippen molar-refractivity contribution in [2.45, 2.75) is 32.9 Å². The minimum atomic E-state index is -0.312. The fourth-order valence-corrected chi connectivity index (χ4v) is 3.33. The lowest BCUT2D eigenvalue weighted by Crippen LogP contribution is -2.52. The highest BCUT2D eigenvalue weighted by atomic mass is 16.5. The summed E-state index contributed by atoms with van der Waals surface area (Å²) >= 11 is 0. The van der Waals surface area contributed by atoms with Gasteiger partial charge in [-0.25, -0.2) is 4.79 Å². The van der Waals surface area contributed by atoms with E-state index in [1.165, 1.54) is 7.11 Å². The molecule has 0 saturated carbocycles. The Morgan fingerprint density at radius 2 is 2.00 bits per heavy atom. The van der Waals surface area contributed by atoms with Crippen LogP contribution in [0.5, 0.6) is 0 Å². The molecule has 0 spiro atoms. The third-order valence-corrected chi connectivity index (χ3v) is 4.73. The van der Waals surface area contributed by atoms with E-state index in [2.05, 4.69) is 33.8 Å². The molecule has 1 aromatic carbocycles. The van der Waals surface area contributed by atoms with Crippen molar-refractivity contribution < 1.29 is 13.9 Å². The molecule has 1 aromatic heterocycles. The van der Waals surface area contributed by atoms with E-state index in [1.54, 1.807) is 0 Å². The van der Waals surface area contributed by atoms with Gasteiger partial charge in [-0.2, -0.15) is 0 Å². The van der Waals surface area contributed by atoms with Gasteiger partial charge in [0.05, 0.1) is 18.7 Å². The summed E-state index contributed by atoms with van der Waals surface area (Å²) in [4.78, 5) is 16.3. The van der Waals surface area contributed by atoms with Crippen LogP contribution in [0.1, 0.15) is 42.0 Å². The summed E-state index contributed by atoms with van der Waals surface area (Å²) in [6.07, 6.45) is 0. The van der Waals surface area contributed by atoms with Gasteiger partial charge in [-0.15, -0.1) is 10.2 Å². The molecule has 134 valence electrons. The standard InChI is InChI=1S/C18H24N4O3/c1-12-11-21(16-7-5-15(6-8-16)18(23)24-4)9-10-22(12)13(2)17-20-19-14(3)25-17/h5-8,12-13H,9-11H2,1-4H3/t12-,13-/m1/s1. The Bertz CT molecular complexity index is 728. The number of ether oxygens (including phenoxy) is 1. The van der Waals surface area contributed by atoms with Crippen LogP contribution in [0.2, 0.25) is 0 Å². The van der Waals surface area contributed by atoms with E-state index in [4.69, 9.17) is 9.15 Å². The molecule has 0 radical (unpaired) electrons. The molecule has 7 heteroatoms. The number of methoxy groups -OCH3 is 1. The van der Waals surface area contributed by atoms with E-state index in [0.717, 1.165) is 25.3 Å². The highest BCUT2D eigenvalue weighted by Crippen LogP contribution is 2.26. The highest BCUT2D eigenvalue weighted by molar-refractivity contribution is 5.89. The van der Waals surface area contributed by atoms with Gasteiger partial charge in [0.2, 0.25) is 11.8 Å². The number of nitrogens with zero attached hydrogens (tertiary/aromatic N) is 4. The largest absolute Gasteiger partial charge is 0.465 e. The van der Waals surface area contributed by atoms with Crippen molar-refractivity contribution in [2.75, 3.05) is 31.6 Å². The van der Waals surface area contributed by atoms with Gasteiger partial charge in [0, 0.05) is 38.3 Å². The summed E-state index contributed by atoms with van der Waals surface area (Å²) in [5.41, 5.74) is 1.68. The number of esters is 1. The third-order valence-electron chi connectivity index (χ3n) is 4.73. The molecule has 1 aliphatic heterocycles. The van der Waals surface area contributed by atoms with Crippen LogP contribution >= 0.6 is 0 Å². The first kappa shape index (κ1) is 17.4. The number of carbonyl (C=O) groups is 1. The summed E-state index contributed by atoms with van der Waals surface area (Å²) in [5.74, 6) is 0.951. The molecule has 1 saturated heterocycles. The fraction of sp³-hybridized carbons (Fsp3) is 0.500. The molecule has 25 heavy (non-hydrogen) atoms. The second kappa shape index (κ2) is 7.23. The van der Waals surface area contributed by atoms with Crippen molar-refractivity contribution in [1.82, 2.24) is 15.1 Å². The normalized spacial score (nSPS) is 19.7. The van der Waals surface area contributed by atoms with Crippen molar-refractivity contribution in [3.8, 4) is 0 Å². The third kappa shape index (κ3) is 3.66. The number of piperazine rings is 1. The van der Waals surface area contributed by atoms with Crippen LogP contribution in [-0.2, 0) is 4.74 Å². The molecule has 0 aliphatic carbocycles. The minimum Gasteiger partial charge on any atom is -0.465 e. The Morgan fingerprint density at radius 3 is 2.56 bits per heavy atom. The van der Waals surface area contributed by atoms with Crippen molar-refractivity contribution in [3.05, 3.63) is 41.6 Å². The van der Waals surface area contributed by atoms with Gasteiger partial charge in [-0.1, -0.05) is 0 Å². The molecule has 1 aliphatic rings. The highest BCUT2D eigenvalue weighted by Gasteiger charge is 2.30. The summed E-state index contributed by atoms with van der Waals surface area (Å²) in [6.45, 7) is 8.82. The topological polar surface area (TPSA) is 71.7 Å². The molecular weight excluding hydrogens is 320 g/mol. The number of aromatic nitrogens is 2. The number of hydrogen-bond donors (Lipinski definition) is 0. The van der Waals surface area contributed by atoms with E-state index in [9.17, 15) is 4.79 Å². The van der Waals surface area contributed by atoms with Gasteiger partial charge in [0.15, 0.2) is 0 Å². The number of hydrogen-bond acceptors (Lipinski definition) is 7. The van der Waals surface area contributed by atoms with Crippen LogP contribution in [0.15, 0.2) is 28.7 Å². The molecule has 7 nitrogen and oxygen atoms in total. The van der Waals surface area contributed by atoms with Gasteiger partial charge >= 0.3 is 5.97 Å². The molecule has 2 atom stereocenters. The number of rotatable bonds is 4. The first-order valence-corrected chi connectivity index (χ1v) is 8.48. The van der Waals surface area contributed by atoms with Crippen molar-refractivity contribution in [3.63, 3.8) is 0 Å². The van der Waals surface area contributed by atoms with E-state index in [0.29, 0.717) is 23.4 Å². The Balaban J connectivity index is 1.66. The van der Waals surface area contributed by atoms with E-state index in [-0.39, 0.29) is 12.0 Å². The lowest BCUT2D eigenvalue weighted by molar-refractivity contribution is 0.0600. The van der Waals surface area contributed by atoms with E-state index >= 15 is 0 Å². The maximum Gasteiger partial charge on any atom is 0.337 e. The summed E-state index contributed by atoms with van der Waals surface area (Å²) < 4.78 is 10.3. The van der Waals surface area contributed by atoms with Crippen molar-refractivity contribution in [2.24, 2.45) is 0 Å². The summed E-state index contributed by atoms with van der Waals surface area (Å²) in [6, 6.07) is 8.00. The lowest BCUT2D eigenvalue weighted by Gasteiger charge is -2.42. The molecule has 2 aromatic rings. The van der Waals surface area contributed by atoms with Crippen LogP contribution < -0.4 is 4.90 Å². The number of anilines is 1. The number of aryl methyl sites for hydroxylation is 1. The smallest absolute Gasteiger partial charge is 0.337 e. The first-order chi connectivity index (χ1) is 12.0. The van der Waals surface area contributed by atoms with Gasteiger partial charge in [-0.3, -0.25) is 4.90 Å². The molecule has 3 rings (SSSR count). The Labute approximate surface area is 147 Å². The second-order valence-corrected chi connectivity index (χ2v) is 6.41. The Hall–Kier alpha value is -2.41. The lowest BCUT2D eigenvalue weighted by atomic mass is 10.1. The quantitative estimate of drug-likeness (QED) is 0.789.